The Kier molecular flexibility index (Phi) is 9.58. The third kappa shape index (κ3) is 6.18. The quantitative estimate of drug-likeness (QED) is 0.199. The predicted molar refractivity (Wildman–Crippen MR) is 147 cm³/mol. The van der Waals surface area contributed by atoms with Crippen molar-refractivity contribution in [2.75, 3.05) is 20.3 Å². The maximum atomic E-state index is 14.2. The van der Waals surface area contributed by atoms with Gasteiger partial charge in [0.05, 0.1) is 6.61 Å². The molecular formula is C33H41FO2. The third-order valence-corrected chi connectivity index (χ3v) is 7.70. The Bertz CT molecular complexity index is 1110. The normalized spacial score (nSPS) is 16.1. The van der Waals surface area contributed by atoms with Crippen molar-refractivity contribution in [2.45, 2.75) is 76.5 Å². The molecule has 1 aliphatic carbocycles. The molecule has 3 heteroatoms. The number of rotatable bonds is 15. The van der Waals surface area contributed by atoms with E-state index < -0.39 is 5.41 Å². The summed E-state index contributed by atoms with van der Waals surface area (Å²) in [6, 6.07) is 21.9. The number of ether oxygens (including phenoxy) is 2. The summed E-state index contributed by atoms with van der Waals surface area (Å²) in [6.07, 6.45) is 12.8. The highest BCUT2D eigenvalue weighted by Crippen LogP contribution is 2.53. The van der Waals surface area contributed by atoms with Crippen LogP contribution in [-0.4, -0.2) is 20.3 Å². The molecule has 3 aromatic rings. The Balaban J connectivity index is 1.28. The van der Waals surface area contributed by atoms with Crippen LogP contribution in [0.5, 0.6) is 5.75 Å². The monoisotopic (exact) mass is 488 g/mol. The first-order chi connectivity index (χ1) is 17.6. The van der Waals surface area contributed by atoms with E-state index in [2.05, 4.69) is 49.4 Å². The average molecular weight is 489 g/mol. The van der Waals surface area contributed by atoms with E-state index in [0.29, 0.717) is 0 Å². The Labute approximate surface area is 216 Å². The van der Waals surface area contributed by atoms with Crippen molar-refractivity contribution < 1.29 is 13.9 Å². The summed E-state index contributed by atoms with van der Waals surface area (Å²) in [4.78, 5) is 0. The Hall–Kier alpha value is -2.65. The predicted octanol–water partition coefficient (Wildman–Crippen LogP) is 9.09. The molecule has 0 bridgehead atoms. The van der Waals surface area contributed by atoms with E-state index in [4.69, 9.17) is 9.47 Å². The largest absolute Gasteiger partial charge is 0.494 e. The fourth-order valence-electron chi connectivity index (χ4n) is 5.62. The number of halogens is 1. The van der Waals surface area contributed by atoms with E-state index in [1.54, 1.807) is 19.2 Å². The van der Waals surface area contributed by atoms with Gasteiger partial charge in [0.2, 0.25) is 0 Å². The second-order valence-corrected chi connectivity index (χ2v) is 10.3. The smallest absolute Gasteiger partial charge is 0.123 e. The van der Waals surface area contributed by atoms with Crippen molar-refractivity contribution in [1.82, 2.24) is 0 Å². The topological polar surface area (TPSA) is 18.5 Å². The molecule has 1 aliphatic rings. The first kappa shape index (κ1) is 26.4. The lowest BCUT2D eigenvalue weighted by Crippen LogP contribution is -2.22. The molecule has 36 heavy (non-hydrogen) atoms. The van der Waals surface area contributed by atoms with Crippen molar-refractivity contribution >= 4 is 0 Å². The summed E-state index contributed by atoms with van der Waals surface area (Å²) in [5, 5.41) is 0. The van der Waals surface area contributed by atoms with Crippen LogP contribution in [0.1, 0.15) is 87.8 Å². The van der Waals surface area contributed by atoms with Gasteiger partial charge in [0.15, 0.2) is 0 Å². The minimum Gasteiger partial charge on any atom is -0.494 e. The van der Waals surface area contributed by atoms with Crippen molar-refractivity contribution in [2.24, 2.45) is 0 Å². The van der Waals surface area contributed by atoms with Crippen molar-refractivity contribution in [3.05, 3.63) is 89.2 Å². The standard InChI is InChI=1S/C33H41FO2/c1-33(26-16-15-17-27(34)24-26)31-19-12-11-18-29(31)30-21-20-28(25-32(30)33)36-23-14-10-8-6-4-3-5-7-9-13-22-35-2/h11-12,15-21,24-25H,3-10,13-14,22-23H2,1-2H3. The van der Waals surface area contributed by atoms with Gasteiger partial charge in [-0.15, -0.1) is 0 Å². The second-order valence-electron chi connectivity index (χ2n) is 10.3. The van der Waals surface area contributed by atoms with Crippen LogP contribution in [0.3, 0.4) is 0 Å². The van der Waals surface area contributed by atoms with Gasteiger partial charge in [0.1, 0.15) is 11.6 Å². The molecule has 1 unspecified atom stereocenters. The lowest BCUT2D eigenvalue weighted by Gasteiger charge is -2.28. The van der Waals surface area contributed by atoms with E-state index in [1.807, 2.05) is 6.07 Å². The van der Waals surface area contributed by atoms with E-state index in [-0.39, 0.29) is 5.82 Å². The maximum absolute atomic E-state index is 14.2. The van der Waals surface area contributed by atoms with E-state index >= 15 is 0 Å². The van der Waals surface area contributed by atoms with Gasteiger partial charge in [0, 0.05) is 19.1 Å². The van der Waals surface area contributed by atoms with Gasteiger partial charge in [-0.2, -0.15) is 0 Å². The first-order valence-corrected chi connectivity index (χ1v) is 13.8. The number of methoxy groups -OCH3 is 1. The lowest BCUT2D eigenvalue weighted by atomic mass is 9.74. The summed E-state index contributed by atoms with van der Waals surface area (Å²) in [5.41, 5.74) is 5.41. The van der Waals surface area contributed by atoms with Crippen molar-refractivity contribution in [3.8, 4) is 16.9 Å². The molecule has 0 N–H and O–H groups in total. The minimum absolute atomic E-state index is 0.200. The molecule has 0 fully saturated rings. The van der Waals surface area contributed by atoms with Crippen LogP contribution in [0.4, 0.5) is 4.39 Å². The summed E-state index contributed by atoms with van der Waals surface area (Å²) in [6.45, 7) is 3.84. The second kappa shape index (κ2) is 13.1. The van der Waals surface area contributed by atoms with Crippen LogP contribution in [0.2, 0.25) is 0 Å². The van der Waals surface area contributed by atoms with Crippen LogP contribution >= 0.6 is 0 Å². The molecule has 0 saturated carbocycles. The summed E-state index contributed by atoms with van der Waals surface area (Å²) in [5.74, 6) is 0.701. The molecule has 0 aromatic heterocycles. The zero-order chi connectivity index (χ0) is 25.2. The van der Waals surface area contributed by atoms with Crippen LogP contribution in [0.15, 0.2) is 66.7 Å². The van der Waals surface area contributed by atoms with Crippen LogP contribution < -0.4 is 4.74 Å². The number of hydrogen-bond donors (Lipinski definition) is 0. The number of benzene rings is 3. The minimum atomic E-state index is -0.406. The molecule has 1 atom stereocenters. The van der Waals surface area contributed by atoms with Gasteiger partial charge in [-0.25, -0.2) is 4.39 Å². The summed E-state index contributed by atoms with van der Waals surface area (Å²) < 4.78 is 25.5. The SMILES string of the molecule is COCCCCCCCCCCCCOc1ccc2c(c1)C(C)(c1cccc(F)c1)c1ccccc1-2. The highest BCUT2D eigenvalue weighted by molar-refractivity contribution is 5.83. The molecule has 192 valence electrons. The highest BCUT2D eigenvalue weighted by Gasteiger charge is 2.41. The van der Waals surface area contributed by atoms with Gasteiger partial charge in [-0.1, -0.05) is 93.8 Å². The third-order valence-electron chi connectivity index (χ3n) is 7.70. The maximum Gasteiger partial charge on any atom is 0.123 e. The van der Waals surface area contributed by atoms with Crippen LogP contribution in [0, 0.1) is 5.82 Å². The fraction of sp³-hybridized carbons (Fsp3) is 0.455. The molecule has 3 aromatic carbocycles. The number of hydrogen-bond acceptors (Lipinski definition) is 2. The van der Waals surface area contributed by atoms with Crippen molar-refractivity contribution in [3.63, 3.8) is 0 Å². The Morgan fingerprint density at radius 3 is 1.97 bits per heavy atom. The zero-order valence-electron chi connectivity index (χ0n) is 22.0. The lowest BCUT2D eigenvalue weighted by molar-refractivity contribution is 0.192. The fourth-order valence-corrected chi connectivity index (χ4v) is 5.62. The van der Waals surface area contributed by atoms with E-state index in [1.165, 1.54) is 86.1 Å². The van der Waals surface area contributed by atoms with Gasteiger partial charge in [-0.3, -0.25) is 0 Å². The Morgan fingerprint density at radius 2 is 1.28 bits per heavy atom. The van der Waals surface area contributed by atoms with Crippen LogP contribution in [-0.2, 0) is 10.2 Å². The van der Waals surface area contributed by atoms with Gasteiger partial charge in [0.25, 0.3) is 0 Å². The highest BCUT2D eigenvalue weighted by atomic mass is 19.1. The first-order valence-electron chi connectivity index (χ1n) is 13.8. The zero-order valence-corrected chi connectivity index (χ0v) is 22.0. The molecule has 4 rings (SSSR count). The van der Waals surface area contributed by atoms with E-state index in [0.717, 1.165) is 30.9 Å². The summed E-state index contributed by atoms with van der Waals surface area (Å²) in [7, 11) is 1.78. The van der Waals surface area contributed by atoms with E-state index in [9.17, 15) is 4.39 Å². The van der Waals surface area contributed by atoms with Crippen molar-refractivity contribution in [1.29, 1.82) is 0 Å². The summed E-state index contributed by atoms with van der Waals surface area (Å²) >= 11 is 0. The van der Waals surface area contributed by atoms with Crippen LogP contribution in [0.25, 0.3) is 11.1 Å². The average Bonchev–Trinajstić information content (AvgIpc) is 3.16. The number of unbranched alkanes of at least 4 members (excludes halogenated alkanes) is 9. The molecular weight excluding hydrogens is 447 g/mol. The molecule has 0 saturated heterocycles. The van der Waals surface area contributed by atoms with Gasteiger partial charge < -0.3 is 9.47 Å². The van der Waals surface area contributed by atoms with Gasteiger partial charge >= 0.3 is 0 Å². The molecule has 0 aliphatic heterocycles. The number of fused-ring (bicyclic) bond motifs is 3. The Morgan fingerprint density at radius 1 is 0.639 bits per heavy atom. The molecule has 0 heterocycles. The molecule has 2 nitrogen and oxygen atoms in total. The van der Waals surface area contributed by atoms with Gasteiger partial charge in [-0.05, 0) is 71.8 Å². The molecule has 0 radical (unpaired) electrons. The molecule has 0 amide bonds. The molecule has 0 spiro atoms.